The Morgan fingerprint density at radius 1 is 1.38 bits per heavy atom. The van der Waals surface area contributed by atoms with Crippen molar-refractivity contribution in [2.45, 2.75) is 25.0 Å². The SMILES string of the molecule is COC1CCN(CCOc2ccc(Cl)cc2Cl)C(CN)C1. The highest BCUT2D eigenvalue weighted by Gasteiger charge is 2.27. The largest absolute Gasteiger partial charge is 0.491 e. The first-order valence-corrected chi connectivity index (χ1v) is 7.94. The minimum absolute atomic E-state index is 0.321. The first-order chi connectivity index (χ1) is 10.1. The molecule has 0 amide bonds. The molecular weight excluding hydrogens is 311 g/mol. The van der Waals surface area contributed by atoms with Gasteiger partial charge >= 0.3 is 0 Å². The zero-order chi connectivity index (χ0) is 15.2. The first-order valence-electron chi connectivity index (χ1n) is 7.18. The molecule has 1 aromatic rings. The van der Waals surface area contributed by atoms with E-state index in [2.05, 4.69) is 4.90 Å². The van der Waals surface area contributed by atoms with Gasteiger partial charge in [0.25, 0.3) is 0 Å². The van der Waals surface area contributed by atoms with Crippen LogP contribution in [0.1, 0.15) is 12.8 Å². The highest BCUT2D eigenvalue weighted by Crippen LogP contribution is 2.27. The zero-order valence-electron chi connectivity index (χ0n) is 12.2. The molecule has 0 aliphatic carbocycles. The van der Waals surface area contributed by atoms with Gasteiger partial charge in [-0.25, -0.2) is 0 Å². The molecule has 1 heterocycles. The summed E-state index contributed by atoms with van der Waals surface area (Å²) in [5.74, 6) is 0.664. The molecule has 0 spiro atoms. The van der Waals surface area contributed by atoms with Gasteiger partial charge in [0.2, 0.25) is 0 Å². The number of nitrogens with zero attached hydrogens (tertiary/aromatic N) is 1. The Kier molecular flexibility index (Phi) is 6.58. The van der Waals surface area contributed by atoms with E-state index in [4.69, 9.17) is 38.4 Å². The van der Waals surface area contributed by atoms with E-state index in [0.717, 1.165) is 25.9 Å². The highest BCUT2D eigenvalue weighted by atomic mass is 35.5. The number of halogens is 2. The number of nitrogens with two attached hydrogens (primary N) is 1. The van der Waals surface area contributed by atoms with Crippen LogP contribution >= 0.6 is 23.2 Å². The van der Waals surface area contributed by atoms with Crippen LogP contribution < -0.4 is 10.5 Å². The quantitative estimate of drug-likeness (QED) is 0.870. The summed E-state index contributed by atoms with van der Waals surface area (Å²) in [6.07, 6.45) is 2.34. The van der Waals surface area contributed by atoms with Gasteiger partial charge in [-0.05, 0) is 31.0 Å². The third-order valence-corrected chi connectivity index (χ3v) is 4.46. The van der Waals surface area contributed by atoms with E-state index < -0.39 is 0 Å². The van der Waals surface area contributed by atoms with Crippen molar-refractivity contribution in [2.75, 3.05) is 33.4 Å². The molecule has 4 nitrogen and oxygen atoms in total. The van der Waals surface area contributed by atoms with Crippen molar-refractivity contribution in [3.63, 3.8) is 0 Å². The van der Waals surface area contributed by atoms with Crippen molar-refractivity contribution in [3.8, 4) is 5.75 Å². The molecule has 2 unspecified atom stereocenters. The van der Waals surface area contributed by atoms with Crippen LogP contribution in [0.2, 0.25) is 10.0 Å². The molecule has 21 heavy (non-hydrogen) atoms. The molecule has 1 aromatic carbocycles. The molecule has 2 rings (SSSR count). The van der Waals surface area contributed by atoms with Crippen LogP contribution in [0.4, 0.5) is 0 Å². The summed E-state index contributed by atoms with van der Waals surface area (Å²) in [7, 11) is 1.76. The molecule has 2 atom stereocenters. The van der Waals surface area contributed by atoms with Crippen LogP contribution in [0.15, 0.2) is 18.2 Å². The number of hydrogen-bond acceptors (Lipinski definition) is 4. The van der Waals surface area contributed by atoms with Gasteiger partial charge in [-0.15, -0.1) is 0 Å². The smallest absolute Gasteiger partial charge is 0.138 e. The van der Waals surface area contributed by atoms with E-state index >= 15 is 0 Å². The lowest BCUT2D eigenvalue weighted by molar-refractivity contribution is 0.00923. The first kappa shape index (κ1) is 16.8. The van der Waals surface area contributed by atoms with Crippen molar-refractivity contribution in [1.29, 1.82) is 0 Å². The normalized spacial score (nSPS) is 23.2. The fourth-order valence-corrected chi connectivity index (χ4v) is 3.14. The minimum atomic E-state index is 0.321. The number of methoxy groups -OCH3 is 1. The van der Waals surface area contributed by atoms with E-state index in [1.165, 1.54) is 0 Å². The molecule has 0 bridgehead atoms. The van der Waals surface area contributed by atoms with Crippen molar-refractivity contribution in [3.05, 3.63) is 28.2 Å². The minimum Gasteiger partial charge on any atom is -0.491 e. The predicted molar refractivity (Wildman–Crippen MR) is 86.4 cm³/mol. The van der Waals surface area contributed by atoms with Crippen LogP contribution in [0.5, 0.6) is 5.75 Å². The number of hydrogen-bond donors (Lipinski definition) is 1. The van der Waals surface area contributed by atoms with Crippen LogP contribution in [-0.2, 0) is 4.74 Å². The van der Waals surface area contributed by atoms with E-state index in [0.29, 0.717) is 41.1 Å². The molecule has 0 saturated carbocycles. The van der Waals surface area contributed by atoms with Crippen molar-refractivity contribution < 1.29 is 9.47 Å². The molecule has 1 saturated heterocycles. The zero-order valence-corrected chi connectivity index (χ0v) is 13.7. The summed E-state index contributed by atoms with van der Waals surface area (Å²) in [6.45, 7) is 3.03. The molecule has 1 aliphatic rings. The van der Waals surface area contributed by atoms with Gasteiger partial charge in [0.1, 0.15) is 12.4 Å². The van der Waals surface area contributed by atoms with E-state index in [1.54, 1.807) is 25.3 Å². The van der Waals surface area contributed by atoms with E-state index in [9.17, 15) is 0 Å². The second-order valence-electron chi connectivity index (χ2n) is 5.23. The summed E-state index contributed by atoms with van der Waals surface area (Å²) < 4.78 is 11.2. The Hall–Kier alpha value is -0.520. The number of piperidine rings is 1. The Bertz CT molecular complexity index is 459. The molecule has 1 aliphatic heterocycles. The van der Waals surface area contributed by atoms with Gasteiger partial charge in [0.05, 0.1) is 11.1 Å². The monoisotopic (exact) mass is 332 g/mol. The average molecular weight is 333 g/mol. The average Bonchev–Trinajstić information content (AvgIpc) is 2.49. The number of benzene rings is 1. The molecule has 0 radical (unpaired) electrons. The fourth-order valence-electron chi connectivity index (χ4n) is 2.68. The van der Waals surface area contributed by atoms with Crippen LogP contribution in [0.25, 0.3) is 0 Å². The van der Waals surface area contributed by atoms with Crippen LogP contribution in [-0.4, -0.2) is 50.4 Å². The van der Waals surface area contributed by atoms with Crippen molar-refractivity contribution >= 4 is 23.2 Å². The summed E-state index contributed by atoms with van der Waals surface area (Å²) in [4.78, 5) is 2.36. The van der Waals surface area contributed by atoms with Gasteiger partial charge in [0.15, 0.2) is 0 Å². The maximum atomic E-state index is 6.09. The van der Waals surface area contributed by atoms with Gasteiger partial charge in [-0.2, -0.15) is 0 Å². The van der Waals surface area contributed by atoms with Crippen molar-refractivity contribution in [2.24, 2.45) is 5.73 Å². The molecule has 0 aromatic heterocycles. The third-order valence-electron chi connectivity index (χ3n) is 3.93. The lowest BCUT2D eigenvalue weighted by Crippen LogP contribution is -2.49. The third kappa shape index (κ3) is 4.73. The standard InChI is InChI=1S/C15H22Cl2N2O2/c1-20-13-4-5-19(12(9-13)10-18)6-7-21-15-3-2-11(16)8-14(15)17/h2-3,8,12-13H,4-7,9-10,18H2,1H3. The Labute approximate surface area is 136 Å². The summed E-state index contributed by atoms with van der Waals surface area (Å²) in [6, 6.07) is 5.61. The fraction of sp³-hybridized carbons (Fsp3) is 0.600. The molecule has 6 heteroatoms. The molecule has 1 fully saturated rings. The topological polar surface area (TPSA) is 47.7 Å². The van der Waals surface area contributed by atoms with Crippen molar-refractivity contribution in [1.82, 2.24) is 4.90 Å². The molecule has 118 valence electrons. The van der Waals surface area contributed by atoms with Gasteiger partial charge in [0, 0.05) is 37.8 Å². The molecule has 2 N–H and O–H groups in total. The summed E-state index contributed by atoms with van der Waals surface area (Å²) in [5.41, 5.74) is 5.86. The Morgan fingerprint density at radius 2 is 2.19 bits per heavy atom. The summed E-state index contributed by atoms with van der Waals surface area (Å²) in [5, 5.41) is 1.15. The van der Waals surface area contributed by atoms with Gasteiger partial charge < -0.3 is 15.2 Å². The van der Waals surface area contributed by atoms with Gasteiger partial charge in [-0.3, -0.25) is 4.90 Å². The second-order valence-corrected chi connectivity index (χ2v) is 6.07. The van der Waals surface area contributed by atoms with Crippen LogP contribution in [0, 0.1) is 0 Å². The lowest BCUT2D eigenvalue weighted by Gasteiger charge is -2.38. The Morgan fingerprint density at radius 3 is 2.86 bits per heavy atom. The van der Waals surface area contributed by atoms with Gasteiger partial charge in [-0.1, -0.05) is 23.2 Å². The lowest BCUT2D eigenvalue weighted by atomic mass is 9.99. The summed E-state index contributed by atoms with van der Waals surface area (Å²) >= 11 is 11.9. The number of rotatable bonds is 6. The second kappa shape index (κ2) is 8.20. The molecular formula is C15H22Cl2N2O2. The number of ether oxygens (including phenoxy) is 2. The highest BCUT2D eigenvalue weighted by molar-refractivity contribution is 6.35. The number of likely N-dealkylation sites (tertiary alicyclic amines) is 1. The maximum Gasteiger partial charge on any atom is 0.138 e. The predicted octanol–water partition coefficient (Wildman–Crippen LogP) is 2.81. The van der Waals surface area contributed by atoms with Crippen LogP contribution in [0.3, 0.4) is 0 Å². The van der Waals surface area contributed by atoms with E-state index in [1.807, 2.05) is 0 Å². The Balaban J connectivity index is 1.82. The van der Waals surface area contributed by atoms with E-state index in [-0.39, 0.29) is 0 Å². The maximum absolute atomic E-state index is 6.09.